The van der Waals surface area contributed by atoms with Crippen molar-refractivity contribution in [1.29, 1.82) is 0 Å². The van der Waals surface area contributed by atoms with Gasteiger partial charge in [0, 0.05) is 11.0 Å². The van der Waals surface area contributed by atoms with Crippen molar-refractivity contribution < 1.29 is 0 Å². The number of aryl methyl sites for hydroxylation is 2. The first kappa shape index (κ1) is 12.2. The lowest BCUT2D eigenvalue weighted by molar-refractivity contribution is 0.842. The second kappa shape index (κ2) is 4.75. The Morgan fingerprint density at radius 3 is 3.00 bits per heavy atom. The molecule has 2 aromatic heterocycles. The summed E-state index contributed by atoms with van der Waals surface area (Å²) in [5, 5.41) is 5.56. The molecular weight excluding hydrogens is 292 g/mol. The van der Waals surface area contributed by atoms with Crippen LogP contribution in [0.3, 0.4) is 0 Å². The molecule has 0 atom stereocenters. The molecule has 1 aromatic carbocycles. The van der Waals surface area contributed by atoms with Crippen LogP contribution in [0.15, 0.2) is 40.5 Å². The highest BCUT2D eigenvalue weighted by Gasteiger charge is 2.13. The SMILES string of the molecule is Clc1cc(Sc2ccc3c(c2)CCC3)n2ncnc2n1. The van der Waals surface area contributed by atoms with E-state index in [0.717, 1.165) is 5.03 Å². The van der Waals surface area contributed by atoms with Gasteiger partial charge in [-0.1, -0.05) is 29.4 Å². The van der Waals surface area contributed by atoms with Crippen molar-refractivity contribution in [2.45, 2.75) is 29.2 Å². The number of fused-ring (bicyclic) bond motifs is 2. The molecule has 0 saturated carbocycles. The van der Waals surface area contributed by atoms with Gasteiger partial charge in [0.05, 0.1) is 0 Å². The van der Waals surface area contributed by atoms with Crippen LogP contribution >= 0.6 is 23.4 Å². The molecule has 0 fully saturated rings. The molecule has 2 heterocycles. The number of nitrogens with zero attached hydrogens (tertiary/aromatic N) is 4. The third-order valence-electron chi connectivity index (χ3n) is 3.48. The molecule has 0 bridgehead atoms. The van der Waals surface area contributed by atoms with E-state index in [4.69, 9.17) is 11.6 Å². The van der Waals surface area contributed by atoms with Gasteiger partial charge >= 0.3 is 0 Å². The van der Waals surface area contributed by atoms with E-state index in [2.05, 4.69) is 33.3 Å². The van der Waals surface area contributed by atoms with Gasteiger partial charge in [-0.25, -0.2) is 0 Å². The summed E-state index contributed by atoms with van der Waals surface area (Å²) < 4.78 is 1.71. The minimum atomic E-state index is 0.439. The Morgan fingerprint density at radius 1 is 1.15 bits per heavy atom. The molecule has 0 N–H and O–H groups in total. The predicted octanol–water partition coefficient (Wildman–Crippen LogP) is 3.42. The number of hydrogen-bond acceptors (Lipinski definition) is 4. The van der Waals surface area contributed by atoms with Crippen molar-refractivity contribution >= 4 is 29.1 Å². The zero-order chi connectivity index (χ0) is 13.5. The van der Waals surface area contributed by atoms with Crippen molar-refractivity contribution in [3.63, 3.8) is 0 Å². The van der Waals surface area contributed by atoms with E-state index in [1.54, 1.807) is 16.3 Å². The fraction of sp³-hybridized carbons (Fsp3) is 0.214. The van der Waals surface area contributed by atoms with Gasteiger partial charge in [0.15, 0.2) is 0 Å². The number of benzene rings is 1. The van der Waals surface area contributed by atoms with Crippen LogP contribution in [0.4, 0.5) is 0 Å². The number of aromatic nitrogens is 4. The van der Waals surface area contributed by atoms with Gasteiger partial charge in [-0.05, 0) is 42.5 Å². The first-order chi connectivity index (χ1) is 9.79. The summed E-state index contributed by atoms with van der Waals surface area (Å²) in [4.78, 5) is 9.42. The van der Waals surface area contributed by atoms with Crippen LogP contribution in [-0.4, -0.2) is 19.6 Å². The van der Waals surface area contributed by atoms with E-state index in [0.29, 0.717) is 10.9 Å². The average Bonchev–Trinajstić information content (AvgIpc) is 3.05. The first-order valence-electron chi connectivity index (χ1n) is 6.45. The lowest BCUT2D eigenvalue weighted by Crippen LogP contribution is -1.95. The molecule has 3 aromatic rings. The van der Waals surface area contributed by atoms with Crippen LogP contribution in [-0.2, 0) is 12.8 Å². The van der Waals surface area contributed by atoms with E-state index in [1.807, 2.05) is 6.07 Å². The third-order valence-corrected chi connectivity index (χ3v) is 4.66. The second-order valence-corrected chi connectivity index (χ2v) is 6.26. The average molecular weight is 303 g/mol. The topological polar surface area (TPSA) is 43.1 Å². The predicted molar refractivity (Wildman–Crippen MR) is 78.4 cm³/mol. The summed E-state index contributed by atoms with van der Waals surface area (Å²) in [6.45, 7) is 0. The standard InChI is InChI=1S/C14H11ClN4S/c15-12-7-13(19-14(18-12)16-8-17-19)20-11-5-4-9-2-1-3-10(9)6-11/h4-8H,1-3H2. The minimum absolute atomic E-state index is 0.439. The molecule has 6 heteroatoms. The smallest absolute Gasteiger partial charge is 0.199 e. The van der Waals surface area contributed by atoms with Gasteiger partial charge in [0.25, 0.3) is 5.78 Å². The molecule has 1 aliphatic rings. The van der Waals surface area contributed by atoms with Gasteiger partial charge in [0.2, 0.25) is 0 Å². The Labute approximate surface area is 125 Å². The van der Waals surface area contributed by atoms with Gasteiger partial charge in [0.1, 0.15) is 16.5 Å². The molecule has 0 radical (unpaired) electrons. The summed E-state index contributed by atoms with van der Waals surface area (Å²) >= 11 is 7.67. The van der Waals surface area contributed by atoms with E-state index >= 15 is 0 Å². The van der Waals surface area contributed by atoms with E-state index in [1.165, 1.54) is 41.6 Å². The monoisotopic (exact) mass is 302 g/mol. The molecule has 0 unspecified atom stereocenters. The maximum atomic E-state index is 6.04. The molecular formula is C14H11ClN4S. The minimum Gasteiger partial charge on any atom is -0.199 e. The maximum absolute atomic E-state index is 6.04. The van der Waals surface area contributed by atoms with Crippen LogP contribution in [0.5, 0.6) is 0 Å². The summed E-state index contributed by atoms with van der Waals surface area (Å²) in [5.74, 6) is 0.529. The number of hydrogen-bond donors (Lipinski definition) is 0. The van der Waals surface area contributed by atoms with E-state index < -0.39 is 0 Å². The summed E-state index contributed by atoms with van der Waals surface area (Å²) in [5.41, 5.74) is 2.94. The quantitative estimate of drug-likeness (QED) is 0.680. The molecule has 4 rings (SSSR count). The van der Waals surface area contributed by atoms with Gasteiger partial charge in [-0.15, -0.1) is 0 Å². The molecule has 4 nitrogen and oxygen atoms in total. The molecule has 20 heavy (non-hydrogen) atoms. The van der Waals surface area contributed by atoms with E-state index in [9.17, 15) is 0 Å². The van der Waals surface area contributed by atoms with Crippen LogP contribution in [0, 0.1) is 0 Å². The summed E-state index contributed by atoms with van der Waals surface area (Å²) in [7, 11) is 0. The first-order valence-corrected chi connectivity index (χ1v) is 7.65. The van der Waals surface area contributed by atoms with Gasteiger partial charge in [-0.3, -0.25) is 0 Å². The Morgan fingerprint density at radius 2 is 2.05 bits per heavy atom. The van der Waals surface area contributed by atoms with Crippen LogP contribution in [0.25, 0.3) is 5.78 Å². The summed E-state index contributed by atoms with van der Waals surface area (Å²) in [6.07, 6.45) is 5.14. The number of halogens is 1. The molecule has 0 amide bonds. The third kappa shape index (κ3) is 2.07. The van der Waals surface area contributed by atoms with Crippen LogP contribution in [0.2, 0.25) is 5.15 Å². The molecule has 100 valence electrons. The molecule has 1 aliphatic carbocycles. The zero-order valence-corrected chi connectivity index (χ0v) is 12.2. The Kier molecular flexibility index (Phi) is 2.89. The van der Waals surface area contributed by atoms with Crippen molar-refractivity contribution in [3.05, 3.63) is 46.9 Å². The highest BCUT2D eigenvalue weighted by Crippen LogP contribution is 2.32. The number of rotatable bonds is 2. The fourth-order valence-corrected chi connectivity index (χ4v) is 3.77. The second-order valence-electron chi connectivity index (χ2n) is 4.78. The van der Waals surface area contributed by atoms with Crippen LogP contribution in [0.1, 0.15) is 17.5 Å². The van der Waals surface area contributed by atoms with Crippen LogP contribution < -0.4 is 0 Å². The molecule has 0 aliphatic heterocycles. The fourth-order valence-electron chi connectivity index (χ4n) is 2.56. The summed E-state index contributed by atoms with van der Waals surface area (Å²) in [6, 6.07) is 8.48. The normalized spacial score (nSPS) is 13.8. The van der Waals surface area contributed by atoms with Gasteiger partial charge in [-0.2, -0.15) is 19.6 Å². The highest BCUT2D eigenvalue weighted by atomic mass is 35.5. The lowest BCUT2D eigenvalue weighted by atomic mass is 10.1. The highest BCUT2D eigenvalue weighted by molar-refractivity contribution is 7.99. The Balaban J connectivity index is 1.75. The van der Waals surface area contributed by atoms with Gasteiger partial charge < -0.3 is 0 Å². The largest absolute Gasteiger partial charge is 0.254 e. The maximum Gasteiger partial charge on any atom is 0.254 e. The lowest BCUT2D eigenvalue weighted by Gasteiger charge is -2.06. The molecule has 0 saturated heterocycles. The van der Waals surface area contributed by atoms with Crippen molar-refractivity contribution in [1.82, 2.24) is 19.6 Å². The van der Waals surface area contributed by atoms with Crippen molar-refractivity contribution in [2.24, 2.45) is 0 Å². The van der Waals surface area contributed by atoms with E-state index in [-0.39, 0.29) is 0 Å². The molecule has 0 spiro atoms. The zero-order valence-electron chi connectivity index (χ0n) is 10.6. The Hall–Kier alpha value is -1.59. The van der Waals surface area contributed by atoms with Crippen molar-refractivity contribution in [2.75, 3.05) is 0 Å². The Bertz CT molecular complexity index is 799. The van der Waals surface area contributed by atoms with Crippen molar-refractivity contribution in [3.8, 4) is 0 Å².